The lowest BCUT2D eigenvalue weighted by Gasteiger charge is -2.07. The second-order valence-electron chi connectivity index (χ2n) is 4.51. The van der Waals surface area contributed by atoms with Gasteiger partial charge in [0.25, 0.3) is 11.8 Å². The van der Waals surface area contributed by atoms with Crippen molar-refractivity contribution in [1.82, 2.24) is 20.6 Å². The zero-order valence-electron chi connectivity index (χ0n) is 11.7. The molecule has 8 heteroatoms. The van der Waals surface area contributed by atoms with Crippen LogP contribution in [0.1, 0.15) is 20.0 Å². The lowest BCUT2D eigenvalue weighted by atomic mass is 10.2. The van der Waals surface area contributed by atoms with Crippen molar-refractivity contribution in [3.05, 3.63) is 69.1 Å². The molecule has 23 heavy (non-hydrogen) atoms. The molecule has 2 N–H and O–H groups in total. The lowest BCUT2D eigenvalue weighted by Crippen LogP contribution is -2.41. The standard InChI is InChI=1S/C15H11BrN4O2S/c16-13-7-6-12(23-13)15(22)19-18-14(21)10-2-4-11(5-3-10)20-9-1-8-17-20/h1-9H,(H,18,21)(H,19,22). The van der Waals surface area contributed by atoms with Crippen molar-refractivity contribution in [2.24, 2.45) is 0 Å². The minimum Gasteiger partial charge on any atom is -0.267 e. The first-order chi connectivity index (χ1) is 11.1. The van der Waals surface area contributed by atoms with Crippen molar-refractivity contribution in [2.75, 3.05) is 0 Å². The Balaban J connectivity index is 1.61. The van der Waals surface area contributed by atoms with E-state index in [9.17, 15) is 9.59 Å². The minimum absolute atomic E-state index is 0.359. The summed E-state index contributed by atoms with van der Waals surface area (Å²) in [6.45, 7) is 0. The molecule has 1 aromatic carbocycles. The predicted octanol–water partition coefficient (Wildman–Crippen LogP) is 2.77. The van der Waals surface area contributed by atoms with Gasteiger partial charge in [0.15, 0.2) is 0 Å². The van der Waals surface area contributed by atoms with Crippen molar-refractivity contribution in [3.63, 3.8) is 0 Å². The molecule has 6 nitrogen and oxygen atoms in total. The summed E-state index contributed by atoms with van der Waals surface area (Å²) in [5.41, 5.74) is 6.06. The Labute approximate surface area is 144 Å². The first kappa shape index (κ1) is 15.4. The average Bonchev–Trinajstić information content (AvgIpc) is 3.24. The minimum atomic E-state index is -0.388. The van der Waals surface area contributed by atoms with Crippen LogP contribution < -0.4 is 10.9 Å². The molecule has 3 aromatic rings. The van der Waals surface area contributed by atoms with Gasteiger partial charge in [-0.05, 0) is 58.4 Å². The Morgan fingerprint density at radius 3 is 2.39 bits per heavy atom. The van der Waals surface area contributed by atoms with Crippen LogP contribution in [0.5, 0.6) is 0 Å². The van der Waals surface area contributed by atoms with E-state index < -0.39 is 0 Å². The zero-order chi connectivity index (χ0) is 16.2. The third-order valence-electron chi connectivity index (χ3n) is 2.98. The molecule has 0 saturated heterocycles. The number of aromatic nitrogens is 2. The Morgan fingerprint density at radius 2 is 1.78 bits per heavy atom. The second kappa shape index (κ2) is 6.76. The summed E-state index contributed by atoms with van der Waals surface area (Å²) in [5, 5.41) is 4.11. The van der Waals surface area contributed by atoms with Crippen molar-refractivity contribution in [1.29, 1.82) is 0 Å². The van der Waals surface area contributed by atoms with Gasteiger partial charge in [-0.3, -0.25) is 20.4 Å². The number of hydrogen-bond acceptors (Lipinski definition) is 4. The molecule has 0 bridgehead atoms. The fraction of sp³-hybridized carbons (Fsp3) is 0. The number of rotatable bonds is 3. The highest BCUT2D eigenvalue weighted by molar-refractivity contribution is 9.11. The van der Waals surface area contributed by atoms with Gasteiger partial charge in [-0.25, -0.2) is 4.68 Å². The van der Waals surface area contributed by atoms with Crippen molar-refractivity contribution < 1.29 is 9.59 Å². The van der Waals surface area contributed by atoms with Crippen LogP contribution in [0.25, 0.3) is 5.69 Å². The largest absolute Gasteiger partial charge is 0.279 e. The van der Waals surface area contributed by atoms with Gasteiger partial charge in [-0.15, -0.1) is 11.3 Å². The summed E-state index contributed by atoms with van der Waals surface area (Å²) >= 11 is 4.57. The second-order valence-corrected chi connectivity index (χ2v) is 6.97. The van der Waals surface area contributed by atoms with Gasteiger partial charge in [0.05, 0.1) is 14.4 Å². The molecule has 2 amide bonds. The van der Waals surface area contributed by atoms with E-state index in [2.05, 4.69) is 31.9 Å². The SMILES string of the molecule is O=C(NNC(=O)c1ccc(Br)s1)c1ccc(-n2cccn2)cc1. The molecule has 3 rings (SSSR count). The van der Waals surface area contributed by atoms with Crippen LogP contribution in [-0.2, 0) is 0 Å². The summed E-state index contributed by atoms with van der Waals surface area (Å²) in [6.07, 6.45) is 3.49. The van der Waals surface area contributed by atoms with Crippen LogP contribution in [0.4, 0.5) is 0 Å². The van der Waals surface area contributed by atoms with E-state index in [1.165, 1.54) is 11.3 Å². The Morgan fingerprint density at radius 1 is 1.04 bits per heavy atom. The maximum Gasteiger partial charge on any atom is 0.279 e. The molecule has 0 radical (unpaired) electrons. The average molecular weight is 391 g/mol. The molecule has 0 unspecified atom stereocenters. The van der Waals surface area contributed by atoms with Crippen LogP contribution in [0, 0.1) is 0 Å². The van der Waals surface area contributed by atoms with Gasteiger partial charge in [-0.1, -0.05) is 0 Å². The number of thiophene rings is 1. The van der Waals surface area contributed by atoms with E-state index >= 15 is 0 Å². The summed E-state index contributed by atoms with van der Waals surface area (Å²) in [6, 6.07) is 12.2. The lowest BCUT2D eigenvalue weighted by molar-refractivity contribution is 0.0849. The third-order valence-corrected chi connectivity index (χ3v) is 4.61. The highest BCUT2D eigenvalue weighted by Gasteiger charge is 2.11. The molecule has 0 saturated carbocycles. The Bertz CT molecular complexity index is 828. The molecule has 0 atom stereocenters. The Kier molecular flexibility index (Phi) is 4.54. The quantitative estimate of drug-likeness (QED) is 0.675. The molecule has 0 fully saturated rings. The first-order valence-corrected chi connectivity index (χ1v) is 8.20. The van der Waals surface area contributed by atoms with Crippen LogP contribution >= 0.6 is 27.3 Å². The predicted molar refractivity (Wildman–Crippen MR) is 90.5 cm³/mol. The van der Waals surface area contributed by atoms with E-state index in [4.69, 9.17) is 0 Å². The number of benzene rings is 1. The number of halogens is 1. The number of amides is 2. The number of hydrogen-bond donors (Lipinski definition) is 2. The van der Waals surface area contributed by atoms with Gasteiger partial charge < -0.3 is 0 Å². The summed E-state index contributed by atoms with van der Waals surface area (Å²) in [5.74, 6) is -0.747. The normalized spacial score (nSPS) is 10.3. The van der Waals surface area contributed by atoms with E-state index in [0.717, 1.165) is 9.47 Å². The van der Waals surface area contributed by atoms with Crippen molar-refractivity contribution >= 4 is 39.1 Å². The van der Waals surface area contributed by atoms with Crippen LogP contribution in [0.3, 0.4) is 0 Å². The number of carbonyl (C=O) groups excluding carboxylic acids is 2. The van der Waals surface area contributed by atoms with E-state index in [-0.39, 0.29) is 11.8 Å². The van der Waals surface area contributed by atoms with Crippen LogP contribution in [0.15, 0.2) is 58.6 Å². The number of hydrazine groups is 1. The van der Waals surface area contributed by atoms with Crippen molar-refractivity contribution in [3.8, 4) is 5.69 Å². The highest BCUT2D eigenvalue weighted by atomic mass is 79.9. The van der Waals surface area contributed by atoms with Gasteiger partial charge in [0.2, 0.25) is 0 Å². The molecular formula is C15H11BrN4O2S. The van der Waals surface area contributed by atoms with Gasteiger partial charge in [0, 0.05) is 18.0 Å². The van der Waals surface area contributed by atoms with E-state index in [0.29, 0.717) is 10.4 Å². The van der Waals surface area contributed by atoms with Gasteiger partial charge in [-0.2, -0.15) is 5.10 Å². The molecule has 0 aliphatic rings. The molecule has 2 aromatic heterocycles. The highest BCUT2D eigenvalue weighted by Crippen LogP contribution is 2.21. The molecule has 0 spiro atoms. The van der Waals surface area contributed by atoms with Crippen LogP contribution in [0.2, 0.25) is 0 Å². The van der Waals surface area contributed by atoms with Crippen LogP contribution in [-0.4, -0.2) is 21.6 Å². The van der Waals surface area contributed by atoms with Crippen molar-refractivity contribution in [2.45, 2.75) is 0 Å². The monoisotopic (exact) mass is 390 g/mol. The number of nitrogens with zero attached hydrogens (tertiary/aromatic N) is 2. The molecular weight excluding hydrogens is 380 g/mol. The van der Waals surface area contributed by atoms with E-state index in [1.54, 1.807) is 47.3 Å². The summed E-state index contributed by atoms with van der Waals surface area (Å²) in [4.78, 5) is 24.4. The van der Waals surface area contributed by atoms with E-state index in [1.807, 2.05) is 12.3 Å². The topological polar surface area (TPSA) is 76.0 Å². The third kappa shape index (κ3) is 3.66. The number of nitrogens with one attached hydrogen (secondary N) is 2. The molecule has 116 valence electrons. The maximum atomic E-state index is 12.0. The smallest absolute Gasteiger partial charge is 0.267 e. The summed E-state index contributed by atoms with van der Waals surface area (Å²) in [7, 11) is 0. The number of carbonyl (C=O) groups is 2. The maximum absolute atomic E-state index is 12.0. The molecule has 2 heterocycles. The zero-order valence-corrected chi connectivity index (χ0v) is 14.1. The molecule has 0 aliphatic heterocycles. The van der Waals surface area contributed by atoms with Gasteiger partial charge >= 0.3 is 0 Å². The van der Waals surface area contributed by atoms with Gasteiger partial charge in [0.1, 0.15) is 0 Å². The Hall–Kier alpha value is -2.45. The fourth-order valence-corrected chi connectivity index (χ4v) is 3.15. The summed E-state index contributed by atoms with van der Waals surface area (Å²) < 4.78 is 2.54. The fourth-order valence-electron chi connectivity index (χ4n) is 1.87. The molecule has 0 aliphatic carbocycles. The first-order valence-electron chi connectivity index (χ1n) is 6.59.